The minimum atomic E-state index is 0.918. The standard InChI is InChI=1S/C18H18N3/c1-15-8-10-16(11-9-15)18(21-13-12-20(2)14-21)19-17-6-4-3-5-7-17/h3-14H,1-2H3/q+1. The normalized spacial score (nSPS) is 11.6. The smallest absolute Gasteiger partial charge is 0.239 e. The van der Waals surface area contributed by atoms with Crippen LogP contribution in [0.3, 0.4) is 0 Å². The number of aryl methyl sites for hydroxylation is 2. The van der Waals surface area contributed by atoms with Crippen LogP contribution in [0.15, 0.2) is 78.3 Å². The summed E-state index contributed by atoms with van der Waals surface area (Å²) in [5.41, 5.74) is 3.29. The second-order valence-corrected chi connectivity index (χ2v) is 5.12. The first kappa shape index (κ1) is 13.3. The van der Waals surface area contributed by atoms with Crippen LogP contribution < -0.4 is 4.57 Å². The van der Waals surface area contributed by atoms with Crippen molar-refractivity contribution in [3.8, 4) is 0 Å². The summed E-state index contributed by atoms with van der Waals surface area (Å²) in [7, 11) is 2.01. The Morgan fingerprint density at radius 3 is 2.33 bits per heavy atom. The van der Waals surface area contributed by atoms with Gasteiger partial charge >= 0.3 is 0 Å². The molecule has 0 N–H and O–H groups in total. The van der Waals surface area contributed by atoms with E-state index in [9.17, 15) is 0 Å². The van der Waals surface area contributed by atoms with Crippen LogP contribution in [-0.4, -0.2) is 10.4 Å². The third-order valence-corrected chi connectivity index (χ3v) is 3.31. The van der Waals surface area contributed by atoms with Gasteiger partial charge in [0.1, 0.15) is 12.4 Å². The first-order chi connectivity index (χ1) is 10.2. The highest BCUT2D eigenvalue weighted by molar-refractivity contribution is 6.01. The highest BCUT2D eigenvalue weighted by Gasteiger charge is 2.13. The summed E-state index contributed by atoms with van der Waals surface area (Å²) >= 11 is 0. The highest BCUT2D eigenvalue weighted by Crippen LogP contribution is 2.14. The Kier molecular flexibility index (Phi) is 3.65. The first-order valence-electron chi connectivity index (χ1n) is 6.97. The molecule has 0 bridgehead atoms. The van der Waals surface area contributed by atoms with E-state index in [2.05, 4.69) is 31.2 Å². The fourth-order valence-electron chi connectivity index (χ4n) is 2.17. The van der Waals surface area contributed by atoms with Gasteiger partial charge in [0.2, 0.25) is 12.2 Å². The molecule has 1 heterocycles. The molecule has 21 heavy (non-hydrogen) atoms. The van der Waals surface area contributed by atoms with Crippen molar-refractivity contribution in [3.05, 3.63) is 84.4 Å². The number of rotatable bonds is 2. The average molecular weight is 276 g/mol. The lowest BCUT2D eigenvalue weighted by Crippen LogP contribution is -2.25. The molecule has 3 heteroatoms. The molecule has 3 nitrogen and oxygen atoms in total. The number of imidazole rings is 1. The molecule has 0 aliphatic rings. The van der Waals surface area contributed by atoms with Crippen LogP contribution in [-0.2, 0) is 7.05 Å². The second kappa shape index (κ2) is 5.75. The van der Waals surface area contributed by atoms with E-state index in [0.717, 1.165) is 17.1 Å². The van der Waals surface area contributed by atoms with Crippen molar-refractivity contribution in [1.29, 1.82) is 0 Å². The first-order valence-corrected chi connectivity index (χ1v) is 6.97. The van der Waals surface area contributed by atoms with Gasteiger partial charge in [0, 0.05) is 5.56 Å². The maximum atomic E-state index is 4.81. The lowest BCUT2D eigenvalue weighted by atomic mass is 10.1. The largest absolute Gasteiger partial charge is 0.250 e. The molecule has 3 rings (SSSR count). The molecular formula is C18H18N3+. The summed E-state index contributed by atoms with van der Waals surface area (Å²) in [5, 5.41) is 0. The number of para-hydroxylation sites is 1. The summed E-state index contributed by atoms with van der Waals surface area (Å²) in [6.07, 6.45) is 6.04. The number of benzene rings is 2. The van der Waals surface area contributed by atoms with Crippen molar-refractivity contribution in [2.45, 2.75) is 6.92 Å². The Labute approximate surface area is 124 Å². The van der Waals surface area contributed by atoms with Crippen molar-refractivity contribution in [2.75, 3.05) is 0 Å². The van der Waals surface area contributed by atoms with Gasteiger partial charge < -0.3 is 0 Å². The number of hydrogen-bond donors (Lipinski definition) is 0. The SMILES string of the molecule is Cc1ccc(C(=Nc2ccccc2)n2cc[n+](C)c2)cc1. The van der Waals surface area contributed by atoms with Crippen molar-refractivity contribution in [1.82, 2.24) is 4.57 Å². The summed E-state index contributed by atoms with van der Waals surface area (Å²) < 4.78 is 4.05. The fourth-order valence-corrected chi connectivity index (χ4v) is 2.17. The van der Waals surface area contributed by atoms with Crippen molar-refractivity contribution < 1.29 is 4.57 Å². The Bertz CT molecular complexity index is 753. The third kappa shape index (κ3) is 3.08. The predicted octanol–water partition coefficient (Wildman–Crippen LogP) is 3.25. The fraction of sp³-hybridized carbons (Fsp3) is 0.111. The van der Waals surface area contributed by atoms with Crippen LogP contribution in [0.25, 0.3) is 0 Å². The van der Waals surface area contributed by atoms with Gasteiger partial charge in [-0.25, -0.2) is 9.56 Å². The van der Waals surface area contributed by atoms with Crippen LogP contribution >= 0.6 is 0 Å². The molecule has 0 saturated heterocycles. The predicted molar refractivity (Wildman–Crippen MR) is 84.8 cm³/mol. The van der Waals surface area contributed by atoms with Gasteiger partial charge in [-0.3, -0.25) is 0 Å². The summed E-state index contributed by atoms with van der Waals surface area (Å²) in [5.74, 6) is 0.918. The quantitative estimate of drug-likeness (QED) is 0.389. The summed E-state index contributed by atoms with van der Waals surface area (Å²) in [4.78, 5) is 4.81. The van der Waals surface area contributed by atoms with Crippen LogP contribution in [0, 0.1) is 6.92 Å². The zero-order valence-electron chi connectivity index (χ0n) is 12.3. The van der Waals surface area contributed by atoms with Crippen LogP contribution in [0.5, 0.6) is 0 Å². The van der Waals surface area contributed by atoms with Gasteiger partial charge in [-0.05, 0) is 31.2 Å². The van der Waals surface area contributed by atoms with Crippen LogP contribution in [0.2, 0.25) is 0 Å². The van der Waals surface area contributed by atoms with Gasteiger partial charge in [-0.1, -0.05) is 35.9 Å². The van der Waals surface area contributed by atoms with E-state index in [1.54, 1.807) is 0 Å². The number of nitrogens with zero attached hydrogens (tertiary/aromatic N) is 3. The van der Waals surface area contributed by atoms with Gasteiger partial charge in [0.25, 0.3) is 0 Å². The van der Waals surface area contributed by atoms with Gasteiger partial charge in [0.05, 0.1) is 12.7 Å². The van der Waals surface area contributed by atoms with Crippen LogP contribution in [0.4, 0.5) is 5.69 Å². The summed E-state index contributed by atoms with van der Waals surface area (Å²) in [6, 6.07) is 18.5. The van der Waals surface area contributed by atoms with Crippen LogP contribution in [0.1, 0.15) is 11.1 Å². The molecule has 2 aromatic carbocycles. The zero-order chi connectivity index (χ0) is 14.7. The molecule has 0 aliphatic heterocycles. The molecule has 0 aliphatic carbocycles. The van der Waals surface area contributed by atoms with Gasteiger partial charge in [-0.15, -0.1) is 0 Å². The Morgan fingerprint density at radius 2 is 1.71 bits per heavy atom. The summed E-state index contributed by atoms with van der Waals surface area (Å²) in [6.45, 7) is 2.09. The molecular weight excluding hydrogens is 258 g/mol. The molecule has 0 atom stereocenters. The molecule has 0 radical (unpaired) electrons. The minimum Gasteiger partial charge on any atom is -0.239 e. The maximum absolute atomic E-state index is 4.81. The van der Waals surface area contributed by atoms with E-state index in [0.29, 0.717) is 0 Å². The number of hydrogen-bond acceptors (Lipinski definition) is 1. The van der Waals surface area contributed by atoms with Crippen molar-refractivity contribution in [2.24, 2.45) is 12.0 Å². The Morgan fingerprint density at radius 1 is 1.00 bits per heavy atom. The molecule has 0 saturated carbocycles. The third-order valence-electron chi connectivity index (χ3n) is 3.31. The molecule has 0 spiro atoms. The molecule has 104 valence electrons. The van der Waals surface area contributed by atoms with E-state index in [-0.39, 0.29) is 0 Å². The van der Waals surface area contributed by atoms with E-state index < -0.39 is 0 Å². The minimum absolute atomic E-state index is 0.918. The molecule has 3 aromatic rings. The molecule has 0 fully saturated rings. The van der Waals surface area contributed by atoms with Gasteiger partial charge in [-0.2, -0.15) is 4.57 Å². The monoisotopic (exact) mass is 276 g/mol. The molecule has 0 amide bonds. The van der Waals surface area contributed by atoms with E-state index in [4.69, 9.17) is 4.99 Å². The average Bonchev–Trinajstić information content (AvgIpc) is 2.93. The number of aliphatic imine (C=N–C) groups is 1. The lowest BCUT2D eigenvalue weighted by Gasteiger charge is -2.03. The molecule has 0 unspecified atom stereocenters. The Hall–Kier alpha value is -2.68. The van der Waals surface area contributed by atoms with E-state index in [1.165, 1.54) is 5.56 Å². The number of aromatic nitrogens is 2. The van der Waals surface area contributed by atoms with E-state index in [1.807, 2.05) is 65.2 Å². The van der Waals surface area contributed by atoms with E-state index >= 15 is 0 Å². The van der Waals surface area contributed by atoms with Crippen molar-refractivity contribution >= 4 is 11.5 Å². The van der Waals surface area contributed by atoms with Gasteiger partial charge in [0.15, 0.2) is 0 Å². The Balaban J connectivity index is 2.11. The topological polar surface area (TPSA) is 21.2 Å². The second-order valence-electron chi connectivity index (χ2n) is 5.12. The maximum Gasteiger partial charge on any atom is 0.250 e. The molecule has 1 aromatic heterocycles. The highest BCUT2D eigenvalue weighted by atomic mass is 15.1. The lowest BCUT2D eigenvalue weighted by molar-refractivity contribution is -0.670. The zero-order valence-corrected chi connectivity index (χ0v) is 12.3. The van der Waals surface area contributed by atoms with Crippen molar-refractivity contribution in [3.63, 3.8) is 0 Å².